The van der Waals surface area contributed by atoms with E-state index in [-0.39, 0.29) is 18.2 Å². The number of aliphatic hydroxyl groups excluding tert-OH is 1. The lowest BCUT2D eigenvalue weighted by molar-refractivity contribution is 0.0692. The van der Waals surface area contributed by atoms with E-state index in [1.165, 1.54) is 0 Å². The van der Waals surface area contributed by atoms with Crippen LogP contribution in [0, 0.1) is 6.92 Å². The first kappa shape index (κ1) is 12.8. The molecule has 18 heavy (non-hydrogen) atoms. The molecule has 98 valence electrons. The molecule has 2 heterocycles. The maximum absolute atomic E-state index is 10.9. The fourth-order valence-corrected chi connectivity index (χ4v) is 2.04. The maximum Gasteiger partial charge on any atom is 0.337 e. The van der Waals surface area contributed by atoms with Crippen LogP contribution in [0.1, 0.15) is 16.1 Å². The zero-order valence-corrected chi connectivity index (χ0v) is 10.2. The Morgan fingerprint density at radius 1 is 1.61 bits per heavy atom. The van der Waals surface area contributed by atoms with E-state index >= 15 is 0 Å². The van der Waals surface area contributed by atoms with Crippen LogP contribution >= 0.6 is 0 Å². The van der Waals surface area contributed by atoms with Gasteiger partial charge in [-0.15, -0.1) is 0 Å². The van der Waals surface area contributed by atoms with Gasteiger partial charge in [-0.25, -0.2) is 9.78 Å². The van der Waals surface area contributed by atoms with Gasteiger partial charge in [-0.3, -0.25) is 0 Å². The van der Waals surface area contributed by atoms with E-state index in [1.54, 1.807) is 19.1 Å². The number of aromatic carboxylic acids is 1. The van der Waals surface area contributed by atoms with Crippen molar-refractivity contribution in [2.45, 2.75) is 13.0 Å². The van der Waals surface area contributed by atoms with Crippen LogP contribution in [0.15, 0.2) is 12.1 Å². The quantitative estimate of drug-likeness (QED) is 0.804. The summed E-state index contributed by atoms with van der Waals surface area (Å²) in [6.07, 6.45) is 0. The number of hydrogen-bond donors (Lipinski definition) is 2. The highest BCUT2D eigenvalue weighted by atomic mass is 16.5. The first-order chi connectivity index (χ1) is 8.63. The van der Waals surface area contributed by atoms with Crippen LogP contribution in [0.2, 0.25) is 0 Å². The Hall–Kier alpha value is -1.66. The lowest BCUT2D eigenvalue weighted by Gasteiger charge is -2.35. The van der Waals surface area contributed by atoms with Gasteiger partial charge in [0.2, 0.25) is 0 Å². The molecule has 1 aliphatic rings. The first-order valence-electron chi connectivity index (χ1n) is 5.79. The molecule has 2 rings (SSSR count). The predicted octanol–water partition coefficient (Wildman–Crippen LogP) is 0.286. The molecule has 1 aromatic rings. The predicted molar refractivity (Wildman–Crippen MR) is 65.0 cm³/mol. The highest BCUT2D eigenvalue weighted by molar-refractivity contribution is 5.89. The molecule has 2 N–H and O–H groups in total. The van der Waals surface area contributed by atoms with Crippen molar-refractivity contribution in [3.8, 4) is 0 Å². The van der Waals surface area contributed by atoms with Gasteiger partial charge in [-0.1, -0.05) is 0 Å². The van der Waals surface area contributed by atoms with Gasteiger partial charge < -0.3 is 19.8 Å². The van der Waals surface area contributed by atoms with E-state index in [0.717, 1.165) is 0 Å². The molecule has 1 aromatic heterocycles. The van der Waals surface area contributed by atoms with Crippen LogP contribution in [-0.4, -0.2) is 53.6 Å². The summed E-state index contributed by atoms with van der Waals surface area (Å²) >= 11 is 0. The second kappa shape index (κ2) is 5.32. The molecule has 0 aromatic carbocycles. The fourth-order valence-electron chi connectivity index (χ4n) is 2.04. The normalized spacial score (nSPS) is 19.9. The van der Waals surface area contributed by atoms with Crippen molar-refractivity contribution in [3.63, 3.8) is 0 Å². The van der Waals surface area contributed by atoms with Crippen molar-refractivity contribution in [2.75, 3.05) is 31.3 Å². The van der Waals surface area contributed by atoms with Crippen LogP contribution in [0.5, 0.6) is 0 Å². The number of hydrogen-bond acceptors (Lipinski definition) is 5. The Morgan fingerprint density at radius 2 is 2.39 bits per heavy atom. The molecule has 0 bridgehead atoms. The number of carbonyl (C=O) groups is 1. The summed E-state index contributed by atoms with van der Waals surface area (Å²) in [5, 5.41) is 18.2. The van der Waals surface area contributed by atoms with Crippen LogP contribution in [-0.2, 0) is 4.74 Å². The highest BCUT2D eigenvalue weighted by Gasteiger charge is 2.24. The van der Waals surface area contributed by atoms with E-state index in [4.69, 9.17) is 9.84 Å². The molecular weight excluding hydrogens is 236 g/mol. The van der Waals surface area contributed by atoms with Crippen molar-refractivity contribution in [1.29, 1.82) is 0 Å². The summed E-state index contributed by atoms with van der Waals surface area (Å²) in [5.41, 5.74) is 0.677. The average molecular weight is 252 g/mol. The van der Waals surface area contributed by atoms with Gasteiger partial charge in [0.25, 0.3) is 0 Å². The summed E-state index contributed by atoms with van der Waals surface area (Å²) in [7, 11) is 0. The lowest BCUT2D eigenvalue weighted by atomic mass is 10.2. The molecule has 1 unspecified atom stereocenters. The highest BCUT2D eigenvalue weighted by Crippen LogP contribution is 2.19. The minimum absolute atomic E-state index is 0.0125. The number of pyridine rings is 1. The van der Waals surface area contributed by atoms with Crippen molar-refractivity contribution in [1.82, 2.24) is 4.98 Å². The number of carboxylic acid groups (broad SMARTS) is 1. The number of morpholine rings is 1. The monoisotopic (exact) mass is 252 g/mol. The molecule has 1 fully saturated rings. The smallest absolute Gasteiger partial charge is 0.337 e. The van der Waals surface area contributed by atoms with Gasteiger partial charge >= 0.3 is 5.97 Å². The van der Waals surface area contributed by atoms with Crippen molar-refractivity contribution < 1.29 is 19.7 Å². The second-order valence-corrected chi connectivity index (χ2v) is 4.21. The van der Waals surface area contributed by atoms with E-state index < -0.39 is 5.97 Å². The molecular formula is C12H16N2O4. The third-order valence-corrected chi connectivity index (χ3v) is 3.03. The largest absolute Gasteiger partial charge is 0.478 e. The van der Waals surface area contributed by atoms with E-state index in [0.29, 0.717) is 31.3 Å². The average Bonchev–Trinajstić information content (AvgIpc) is 2.38. The Morgan fingerprint density at radius 3 is 3.00 bits per heavy atom. The van der Waals surface area contributed by atoms with Crippen molar-refractivity contribution in [2.24, 2.45) is 0 Å². The van der Waals surface area contributed by atoms with Gasteiger partial charge in [0.05, 0.1) is 37.1 Å². The number of aryl methyl sites for hydroxylation is 1. The zero-order chi connectivity index (χ0) is 13.1. The summed E-state index contributed by atoms with van der Waals surface area (Å²) in [5.74, 6) is -0.299. The Labute approximate surface area is 105 Å². The number of aromatic nitrogens is 1. The van der Waals surface area contributed by atoms with Gasteiger partial charge in [0.1, 0.15) is 5.82 Å². The Kier molecular flexibility index (Phi) is 3.78. The summed E-state index contributed by atoms with van der Waals surface area (Å²) < 4.78 is 5.29. The van der Waals surface area contributed by atoms with Gasteiger partial charge in [0, 0.05) is 6.54 Å². The van der Waals surface area contributed by atoms with Crippen LogP contribution in [0.3, 0.4) is 0 Å². The molecule has 0 spiro atoms. The minimum Gasteiger partial charge on any atom is -0.478 e. The SMILES string of the molecule is Cc1nc(N2CCOCC2CO)ccc1C(=O)O. The third-order valence-electron chi connectivity index (χ3n) is 3.03. The number of anilines is 1. The van der Waals surface area contributed by atoms with Crippen LogP contribution < -0.4 is 4.90 Å². The van der Waals surface area contributed by atoms with Crippen molar-refractivity contribution >= 4 is 11.8 Å². The lowest BCUT2D eigenvalue weighted by Crippen LogP contribution is -2.48. The minimum atomic E-state index is -0.979. The standard InChI is InChI=1S/C12H16N2O4/c1-8-10(12(16)17)2-3-11(13-8)14-4-5-18-7-9(14)6-15/h2-3,9,15H,4-7H2,1H3,(H,16,17). The molecule has 0 aliphatic carbocycles. The van der Waals surface area contributed by atoms with Gasteiger partial charge in [-0.2, -0.15) is 0 Å². The fraction of sp³-hybridized carbons (Fsp3) is 0.500. The second-order valence-electron chi connectivity index (χ2n) is 4.21. The number of nitrogens with zero attached hydrogens (tertiary/aromatic N) is 2. The number of ether oxygens (including phenoxy) is 1. The molecule has 6 nitrogen and oxygen atoms in total. The Bertz CT molecular complexity index is 450. The first-order valence-corrected chi connectivity index (χ1v) is 5.79. The topological polar surface area (TPSA) is 82.9 Å². The summed E-state index contributed by atoms with van der Waals surface area (Å²) in [6, 6.07) is 3.09. The molecule has 0 radical (unpaired) electrons. The van der Waals surface area contributed by atoms with Crippen LogP contribution in [0.25, 0.3) is 0 Å². The molecule has 6 heteroatoms. The molecule has 1 saturated heterocycles. The van der Waals surface area contributed by atoms with Gasteiger partial charge in [-0.05, 0) is 19.1 Å². The molecule has 1 aliphatic heterocycles. The molecule has 0 amide bonds. The van der Waals surface area contributed by atoms with Crippen molar-refractivity contribution in [3.05, 3.63) is 23.4 Å². The van der Waals surface area contributed by atoms with E-state index in [2.05, 4.69) is 4.98 Å². The number of rotatable bonds is 3. The van der Waals surface area contributed by atoms with E-state index in [9.17, 15) is 9.90 Å². The number of carboxylic acids is 1. The zero-order valence-electron chi connectivity index (χ0n) is 10.2. The summed E-state index contributed by atoms with van der Waals surface area (Å²) in [4.78, 5) is 17.2. The molecule has 1 atom stereocenters. The third kappa shape index (κ3) is 2.44. The number of aliphatic hydroxyl groups is 1. The van der Waals surface area contributed by atoms with Gasteiger partial charge in [0.15, 0.2) is 0 Å². The maximum atomic E-state index is 10.9. The Balaban J connectivity index is 2.27. The summed E-state index contributed by atoms with van der Waals surface area (Å²) in [6.45, 7) is 3.34. The molecule has 0 saturated carbocycles. The van der Waals surface area contributed by atoms with Crippen LogP contribution in [0.4, 0.5) is 5.82 Å². The van der Waals surface area contributed by atoms with E-state index in [1.807, 2.05) is 4.90 Å².